The van der Waals surface area contributed by atoms with Crippen LogP contribution >= 0.6 is 0 Å². The van der Waals surface area contributed by atoms with Gasteiger partial charge in [-0.05, 0) is 23.3 Å². The van der Waals surface area contributed by atoms with Crippen molar-refractivity contribution in [2.45, 2.75) is 6.42 Å². The predicted molar refractivity (Wildman–Crippen MR) is 67.3 cm³/mol. The zero-order chi connectivity index (χ0) is 12.4. The summed E-state index contributed by atoms with van der Waals surface area (Å²) in [6.45, 7) is 0.265. The molecule has 3 rings (SSSR count). The molecule has 2 aromatic carbocycles. The van der Waals surface area contributed by atoms with Crippen molar-refractivity contribution < 1.29 is 9.47 Å². The van der Waals surface area contributed by atoms with Gasteiger partial charge in [-0.3, -0.25) is 0 Å². The molecule has 0 fully saturated rings. The molecule has 0 radical (unpaired) electrons. The van der Waals surface area contributed by atoms with E-state index in [9.17, 15) is 0 Å². The van der Waals surface area contributed by atoms with Crippen LogP contribution in [0.25, 0.3) is 11.1 Å². The topological polar surface area (TPSA) is 42.2 Å². The lowest BCUT2D eigenvalue weighted by Gasteiger charge is -2.18. The Balaban J connectivity index is 1.98. The molecular formula is C15H11NO2. The fourth-order valence-electron chi connectivity index (χ4n) is 2.00. The largest absolute Gasteiger partial charge is 0.457 e. The molecule has 3 nitrogen and oxygen atoms in total. The first-order chi connectivity index (χ1) is 8.86. The third-order valence-electron chi connectivity index (χ3n) is 2.94. The maximum atomic E-state index is 8.64. The van der Waals surface area contributed by atoms with Crippen LogP contribution < -0.4 is 9.47 Å². The summed E-state index contributed by atoms with van der Waals surface area (Å²) in [7, 11) is 0. The molecule has 2 aromatic rings. The highest BCUT2D eigenvalue weighted by Crippen LogP contribution is 2.35. The Morgan fingerprint density at radius 3 is 2.67 bits per heavy atom. The molecule has 0 aromatic heterocycles. The Kier molecular flexibility index (Phi) is 2.62. The lowest BCUT2D eigenvalue weighted by atomic mass is 10.0. The summed E-state index contributed by atoms with van der Waals surface area (Å²) in [5.74, 6) is 1.67. The van der Waals surface area contributed by atoms with E-state index in [-0.39, 0.29) is 6.79 Å². The number of nitrogens with zero attached hydrogens (tertiary/aromatic N) is 1. The summed E-state index contributed by atoms with van der Waals surface area (Å²) in [5.41, 5.74) is 3.15. The predicted octanol–water partition coefficient (Wildman–Crippen LogP) is 3.15. The van der Waals surface area contributed by atoms with Crippen LogP contribution in [0.1, 0.15) is 5.56 Å². The molecule has 0 atom stereocenters. The van der Waals surface area contributed by atoms with Crippen LogP contribution in [0.4, 0.5) is 0 Å². The molecule has 1 aliphatic rings. The lowest BCUT2D eigenvalue weighted by molar-refractivity contribution is 0.106. The zero-order valence-electron chi connectivity index (χ0n) is 9.72. The number of hydrogen-bond acceptors (Lipinski definition) is 3. The van der Waals surface area contributed by atoms with Gasteiger partial charge in [0.05, 0.1) is 12.5 Å². The molecule has 1 heterocycles. The van der Waals surface area contributed by atoms with Crippen LogP contribution in [-0.2, 0) is 6.42 Å². The Hall–Kier alpha value is -2.47. The quantitative estimate of drug-likeness (QED) is 0.805. The summed E-state index contributed by atoms with van der Waals surface area (Å²) in [5, 5.41) is 8.64. The molecule has 0 unspecified atom stereocenters. The molecule has 0 saturated carbocycles. The normalized spacial score (nSPS) is 12.2. The van der Waals surface area contributed by atoms with E-state index in [2.05, 4.69) is 6.07 Å². The summed E-state index contributed by atoms with van der Waals surface area (Å²) in [4.78, 5) is 0. The second kappa shape index (κ2) is 4.42. The maximum Gasteiger partial charge on any atom is 0.230 e. The van der Waals surface area contributed by atoms with Crippen LogP contribution in [0.3, 0.4) is 0 Å². The minimum Gasteiger partial charge on any atom is -0.457 e. The van der Waals surface area contributed by atoms with Gasteiger partial charge in [0.15, 0.2) is 0 Å². The van der Waals surface area contributed by atoms with Gasteiger partial charge in [0.2, 0.25) is 6.79 Å². The first-order valence-corrected chi connectivity index (χ1v) is 5.73. The number of hydrogen-bond donors (Lipinski definition) is 0. The van der Waals surface area contributed by atoms with E-state index in [0.717, 1.165) is 28.2 Å². The van der Waals surface area contributed by atoms with Crippen molar-refractivity contribution in [2.24, 2.45) is 0 Å². The monoisotopic (exact) mass is 237 g/mol. The van der Waals surface area contributed by atoms with Gasteiger partial charge >= 0.3 is 0 Å². The van der Waals surface area contributed by atoms with Crippen molar-refractivity contribution >= 4 is 0 Å². The first kappa shape index (κ1) is 10.7. The van der Waals surface area contributed by atoms with Crippen LogP contribution in [-0.4, -0.2) is 6.79 Å². The van der Waals surface area contributed by atoms with Crippen LogP contribution in [0, 0.1) is 11.3 Å². The Morgan fingerprint density at radius 2 is 1.89 bits per heavy atom. The number of rotatable bonds is 2. The van der Waals surface area contributed by atoms with Gasteiger partial charge in [-0.15, -0.1) is 0 Å². The minimum atomic E-state index is 0.265. The average molecular weight is 237 g/mol. The van der Waals surface area contributed by atoms with E-state index in [1.165, 1.54) is 0 Å². The number of fused-ring (bicyclic) bond motifs is 2. The smallest absolute Gasteiger partial charge is 0.230 e. The maximum absolute atomic E-state index is 8.64. The minimum absolute atomic E-state index is 0.265. The second-order valence-electron chi connectivity index (χ2n) is 4.10. The van der Waals surface area contributed by atoms with Crippen LogP contribution in [0.5, 0.6) is 11.5 Å². The third-order valence-corrected chi connectivity index (χ3v) is 2.94. The second-order valence-corrected chi connectivity index (χ2v) is 4.10. The summed E-state index contributed by atoms with van der Waals surface area (Å²) < 4.78 is 10.7. The van der Waals surface area contributed by atoms with Crippen LogP contribution in [0.15, 0.2) is 42.5 Å². The van der Waals surface area contributed by atoms with Crippen molar-refractivity contribution in [3.05, 3.63) is 48.0 Å². The molecule has 0 saturated heterocycles. The van der Waals surface area contributed by atoms with Crippen molar-refractivity contribution in [1.29, 1.82) is 5.26 Å². The van der Waals surface area contributed by atoms with Gasteiger partial charge in [0.1, 0.15) is 11.5 Å². The van der Waals surface area contributed by atoms with E-state index in [1.54, 1.807) is 0 Å². The molecule has 0 amide bonds. The average Bonchev–Trinajstić information content (AvgIpc) is 2.41. The SMILES string of the molecule is N#CCc1ccc(-c2ccc3cc2OCO3)cc1. The summed E-state index contributed by atoms with van der Waals surface area (Å²) in [6, 6.07) is 15.9. The molecule has 1 aliphatic heterocycles. The van der Waals surface area contributed by atoms with Crippen molar-refractivity contribution in [3.63, 3.8) is 0 Å². The highest BCUT2D eigenvalue weighted by atomic mass is 16.7. The Bertz CT molecular complexity index is 611. The lowest BCUT2D eigenvalue weighted by Crippen LogP contribution is -2.10. The van der Waals surface area contributed by atoms with Gasteiger partial charge in [0.25, 0.3) is 0 Å². The standard InChI is InChI=1S/C15H11NO2/c16-8-7-11-1-3-12(4-2-11)14-6-5-13-9-15(14)18-10-17-13/h1-6,9H,7,10H2. The fourth-order valence-corrected chi connectivity index (χ4v) is 2.00. The van der Waals surface area contributed by atoms with E-state index in [1.807, 2.05) is 42.5 Å². The zero-order valence-corrected chi connectivity index (χ0v) is 9.72. The van der Waals surface area contributed by atoms with Gasteiger partial charge in [-0.25, -0.2) is 0 Å². The Morgan fingerprint density at radius 1 is 1.06 bits per heavy atom. The van der Waals surface area contributed by atoms with Crippen molar-refractivity contribution in [1.82, 2.24) is 0 Å². The Labute approximate surface area is 105 Å². The van der Waals surface area contributed by atoms with Gasteiger partial charge < -0.3 is 9.47 Å². The highest BCUT2D eigenvalue weighted by molar-refractivity contribution is 5.72. The van der Waals surface area contributed by atoms with Crippen molar-refractivity contribution in [2.75, 3.05) is 6.79 Å². The molecule has 0 N–H and O–H groups in total. The number of benzene rings is 2. The fraction of sp³-hybridized carbons (Fsp3) is 0.133. The van der Waals surface area contributed by atoms with Gasteiger partial charge in [-0.2, -0.15) is 5.26 Å². The summed E-state index contributed by atoms with van der Waals surface area (Å²) in [6.07, 6.45) is 0.441. The van der Waals surface area contributed by atoms with Gasteiger partial charge in [0, 0.05) is 11.6 Å². The number of nitriles is 1. The van der Waals surface area contributed by atoms with E-state index in [0.29, 0.717) is 6.42 Å². The highest BCUT2D eigenvalue weighted by Gasteiger charge is 2.12. The van der Waals surface area contributed by atoms with E-state index in [4.69, 9.17) is 14.7 Å². The van der Waals surface area contributed by atoms with Gasteiger partial charge in [-0.1, -0.05) is 24.3 Å². The molecule has 88 valence electrons. The molecule has 2 bridgehead atoms. The van der Waals surface area contributed by atoms with E-state index < -0.39 is 0 Å². The molecular weight excluding hydrogens is 226 g/mol. The molecule has 0 spiro atoms. The third kappa shape index (κ3) is 1.89. The first-order valence-electron chi connectivity index (χ1n) is 5.73. The molecule has 3 heteroatoms. The van der Waals surface area contributed by atoms with E-state index >= 15 is 0 Å². The van der Waals surface area contributed by atoms with Crippen LogP contribution in [0.2, 0.25) is 0 Å². The molecule has 0 aliphatic carbocycles. The number of ether oxygens (including phenoxy) is 2. The van der Waals surface area contributed by atoms with Crippen molar-refractivity contribution in [3.8, 4) is 28.7 Å². The molecule has 18 heavy (non-hydrogen) atoms. The summed E-state index contributed by atoms with van der Waals surface area (Å²) >= 11 is 0.